The summed E-state index contributed by atoms with van der Waals surface area (Å²) < 4.78 is 6.45. The molecule has 12 aromatic rings. The molecule has 0 spiro atoms. The Morgan fingerprint density at radius 1 is 0.258 bits per heavy atom. The van der Waals surface area contributed by atoms with Crippen LogP contribution in [0.1, 0.15) is 0 Å². The van der Waals surface area contributed by atoms with Gasteiger partial charge in [0.15, 0.2) is 0 Å². The average molecular weight is 790 g/mol. The van der Waals surface area contributed by atoms with Gasteiger partial charge in [0.1, 0.15) is 11.2 Å². The second-order valence-corrected chi connectivity index (χ2v) is 16.1. The van der Waals surface area contributed by atoms with Crippen molar-refractivity contribution in [1.29, 1.82) is 0 Å². The zero-order valence-electron chi connectivity index (χ0n) is 33.9. The smallest absolute Gasteiger partial charge is 0.143 e. The van der Waals surface area contributed by atoms with E-state index in [1.165, 1.54) is 60.1 Å². The molecule has 0 aliphatic rings. The summed E-state index contributed by atoms with van der Waals surface area (Å²) in [6.45, 7) is 0. The fourth-order valence-electron chi connectivity index (χ4n) is 9.38. The molecule has 2 nitrogen and oxygen atoms in total. The first-order chi connectivity index (χ1) is 30.7. The Morgan fingerprint density at radius 2 is 0.790 bits per heavy atom. The predicted molar refractivity (Wildman–Crippen MR) is 263 cm³/mol. The number of para-hydroxylation sites is 2. The molecule has 1 heterocycles. The zero-order chi connectivity index (χ0) is 41.0. The van der Waals surface area contributed by atoms with Crippen LogP contribution >= 0.6 is 0 Å². The number of hydrogen-bond donors (Lipinski definition) is 0. The lowest BCUT2D eigenvalue weighted by atomic mass is 9.95. The van der Waals surface area contributed by atoms with Crippen LogP contribution in [-0.4, -0.2) is 0 Å². The van der Waals surface area contributed by atoms with Gasteiger partial charge in [-0.05, 0) is 126 Å². The molecule has 0 fully saturated rings. The first-order valence-electron chi connectivity index (χ1n) is 21.2. The maximum atomic E-state index is 6.45. The molecule has 0 unspecified atom stereocenters. The quantitative estimate of drug-likeness (QED) is 0.150. The van der Waals surface area contributed by atoms with Crippen LogP contribution in [-0.2, 0) is 0 Å². The van der Waals surface area contributed by atoms with Gasteiger partial charge < -0.3 is 9.32 Å². The number of anilines is 3. The SMILES string of the molecule is c1cc(-c2cccc(N(c3ccc(-c4ccc5c(ccc6ccccc65)c4)cc3)c3ccc(-c4cccc5c4oc4ccccc45)cc3)c2)cc(-c2cccc3ccccc23)c1. The summed E-state index contributed by atoms with van der Waals surface area (Å²) >= 11 is 0. The van der Waals surface area contributed by atoms with E-state index < -0.39 is 0 Å². The molecule has 1 aromatic heterocycles. The standard InChI is InChI=1S/C60H39NO/c1-3-18-52-41(11-1)13-9-21-54(52)47-16-7-14-44(37-47)45-15-8-17-51(39-45)61(50-34-29-43(30-35-50)56-22-10-23-58-57-20-5-6-24-59(57)62-60(56)58)49-32-27-40(28-33-49)46-31-36-55-48(38-46)26-25-42-12-2-4-19-53(42)55/h1-39H. The van der Waals surface area contributed by atoms with E-state index in [-0.39, 0.29) is 0 Å². The van der Waals surface area contributed by atoms with Crippen molar-refractivity contribution in [1.82, 2.24) is 0 Å². The highest BCUT2D eigenvalue weighted by Gasteiger charge is 2.17. The van der Waals surface area contributed by atoms with Crippen LogP contribution in [0.5, 0.6) is 0 Å². The third-order valence-electron chi connectivity index (χ3n) is 12.4. The second kappa shape index (κ2) is 14.8. The molecule has 12 rings (SSSR count). The summed E-state index contributed by atoms with van der Waals surface area (Å²) in [5.74, 6) is 0. The topological polar surface area (TPSA) is 16.4 Å². The first-order valence-corrected chi connectivity index (χ1v) is 21.2. The van der Waals surface area contributed by atoms with E-state index in [0.29, 0.717) is 0 Å². The largest absolute Gasteiger partial charge is 0.455 e. The lowest BCUT2D eigenvalue weighted by Gasteiger charge is -2.26. The van der Waals surface area contributed by atoms with Gasteiger partial charge >= 0.3 is 0 Å². The van der Waals surface area contributed by atoms with E-state index in [2.05, 4.69) is 229 Å². The molecule has 0 N–H and O–H groups in total. The molecule has 0 saturated carbocycles. The molecular formula is C60H39NO. The van der Waals surface area contributed by atoms with Gasteiger partial charge in [-0.1, -0.05) is 182 Å². The van der Waals surface area contributed by atoms with E-state index in [9.17, 15) is 0 Å². The van der Waals surface area contributed by atoms with Crippen molar-refractivity contribution < 1.29 is 4.42 Å². The summed E-state index contributed by atoms with van der Waals surface area (Å²) in [4.78, 5) is 2.36. The molecule has 0 atom stereocenters. The van der Waals surface area contributed by atoms with Crippen molar-refractivity contribution in [2.45, 2.75) is 0 Å². The number of rotatable bonds is 7. The molecule has 62 heavy (non-hydrogen) atoms. The Kier molecular flexibility index (Phi) is 8.53. The number of nitrogens with zero attached hydrogens (tertiary/aromatic N) is 1. The first kappa shape index (κ1) is 35.7. The molecular weight excluding hydrogens is 751 g/mol. The van der Waals surface area contributed by atoms with Crippen LogP contribution < -0.4 is 4.90 Å². The van der Waals surface area contributed by atoms with Crippen LogP contribution in [0.25, 0.3) is 98.8 Å². The summed E-state index contributed by atoms with van der Waals surface area (Å²) in [5.41, 5.74) is 14.4. The van der Waals surface area contributed by atoms with E-state index in [1.807, 2.05) is 12.1 Å². The molecule has 0 amide bonds. The molecule has 0 bridgehead atoms. The van der Waals surface area contributed by atoms with Crippen molar-refractivity contribution in [3.63, 3.8) is 0 Å². The van der Waals surface area contributed by atoms with Gasteiger partial charge in [-0.25, -0.2) is 0 Å². The van der Waals surface area contributed by atoms with Gasteiger partial charge in [0.2, 0.25) is 0 Å². The summed E-state index contributed by atoms with van der Waals surface area (Å²) in [7, 11) is 0. The monoisotopic (exact) mass is 789 g/mol. The van der Waals surface area contributed by atoms with E-state index >= 15 is 0 Å². The minimum absolute atomic E-state index is 0.904. The van der Waals surface area contributed by atoms with E-state index in [1.54, 1.807) is 0 Å². The van der Waals surface area contributed by atoms with Crippen molar-refractivity contribution in [2.75, 3.05) is 4.90 Å². The zero-order valence-corrected chi connectivity index (χ0v) is 33.9. The molecule has 0 aliphatic carbocycles. The third-order valence-corrected chi connectivity index (χ3v) is 12.4. The number of benzene rings is 11. The highest BCUT2D eigenvalue weighted by molar-refractivity contribution is 6.10. The Labute approximate surface area is 360 Å². The van der Waals surface area contributed by atoms with Crippen molar-refractivity contribution >= 4 is 71.3 Å². The highest BCUT2D eigenvalue weighted by Crippen LogP contribution is 2.41. The number of furan rings is 1. The van der Waals surface area contributed by atoms with Crippen LogP contribution in [0.15, 0.2) is 241 Å². The van der Waals surface area contributed by atoms with Crippen molar-refractivity contribution in [3.05, 3.63) is 237 Å². The van der Waals surface area contributed by atoms with Gasteiger partial charge in [0, 0.05) is 33.4 Å². The van der Waals surface area contributed by atoms with Gasteiger partial charge in [0.05, 0.1) is 0 Å². The fourth-order valence-corrected chi connectivity index (χ4v) is 9.38. The van der Waals surface area contributed by atoms with Crippen LogP contribution in [0.4, 0.5) is 17.1 Å². The lowest BCUT2D eigenvalue weighted by Crippen LogP contribution is -2.10. The predicted octanol–water partition coefficient (Wildman–Crippen LogP) is 17.2. The normalized spacial score (nSPS) is 11.5. The lowest BCUT2D eigenvalue weighted by molar-refractivity contribution is 0.670. The van der Waals surface area contributed by atoms with Gasteiger partial charge in [-0.15, -0.1) is 0 Å². The van der Waals surface area contributed by atoms with Crippen molar-refractivity contribution in [3.8, 4) is 44.5 Å². The van der Waals surface area contributed by atoms with E-state index in [0.717, 1.165) is 55.7 Å². The fraction of sp³-hybridized carbons (Fsp3) is 0. The second-order valence-electron chi connectivity index (χ2n) is 16.1. The molecule has 11 aromatic carbocycles. The highest BCUT2D eigenvalue weighted by atomic mass is 16.3. The van der Waals surface area contributed by atoms with Crippen LogP contribution in [0.2, 0.25) is 0 Å². The van der Waals surface area contributed by atoms with Gasteiger partial charge in [-0.2, -0.15) is 0 Å². The average Bonchev–Trinajstić information content (AvgIpc) is 3.73. The Bertz CT molecular complexity index is 3630. The Morgan fingerprint density at radius 3 is 1.61 bits per heavy atom. The van der Waals surface area contributed by atoms with Crippen molar-refractivity contribution in [2.24, 2.45) is 0 Å². The molecule has 0 saturated heterocycles. The number of hydrogen-bond acceptors (Lipinski definition) is 2. The van der Waals surface area contributed by atoms with E-state index in [4.69, 9.17) is 4.42 Å². The number of fused-ring (bicyclic) bond motifs is 7. The maximum Gasteiger partial charge on any atom is 0.143 e. The Hall–Kier alpha value is -8.20. The summed E-state index contributed by atoms with van der Waals surface area (Å²) in [5, 5.41) is 9.83. The Balaban J connectivity index is 0.945. The van der Waals surface area contributed by atoms with Gasteiger partial charge in [0.25, 0.3) is 0 Å². The van der Waals surface area contributed by atoms with Crippen LogP contribution in [0, 0.1) is 0 Å². The molecule has 0 radical (unpaired) electrons. The molecule has 2 heteroatoms. The minimum atomic E-state index is 0.904. The minimum Gasteiger partial charge on any atom is -0.455 e. The third kappa shape index (κ3) is 6.20. The maximum absolute atomic E-state index is 6.45. The molecule has 290 valence electrons. The van der Waals surface area contributed by atoms with Crippen LogP contribution in [0.3, 0.4) is 0 Å². The van der Waals surface area contributed by atoms with Gasteiger partial charge in [-0.3, -0.25) is 0 Å². The summed E-state index contributed by atoms with van der Waals surface area (Å²) in [6.07, 6.45) is 0. The summed E-state index contributed by atoms with van der Waals surface area (Å²) in [6, 6.07) is 85.5. The molecule has 0 aliphatic heterocycles.